The summed E-state index contributed by atoms with van der Waals surface area (Å²) in [6.45, 7) is 1.56. The first-order valence-electron chi connectivity index (χ1n) is 9.68. The Kier molecular flexibility index (Phi) is 5.80. The molecule has 34 heavy (non-hydrogen) atoms. The summed E-state index contributed by atoms with van der Waals surface area (Å²) < 4.78 is 55.7. The lowest BCUT2D eigenvalue weighted by Gasteiger charge is -2.13. The standard InChI is InChI=1S/C21H14F4N8O/c1-12(19-28-11-29-33(19)18-7-2-13(9-26)10-27-18)30-20(34)16-8-17(21(23,24)25)32(31-16)15-5-3-14(22)4-6-15/h2-8,10-12H,1H3,(H,30,34). The van der Waals surface area contributed by atoms with E-state index in [0.717, 1.165) is 24.3 Å². The summed E-state index contributed by atoms with van der Waals surface area (Å²) in [5.41, 5.74) is -1.41. The first-order valence-corrected chi connectivity index (χ1v) is 9.68. The zero-order chi connectivity index (χ0) is 24.5. The molecule has 0 fully saturated rings. The second-order valence-corrected chi connectivity index (χ2v) is 7.04. The zero-order valence-corrected chi connectivity index (χ0v) is 17.3. The molecule has 13 heteroatoms. The molecule has 0 saturated heterocycles. The van der Waals surface area contributed by atoms with Crippen molar-refractivity contribution in [1.82, 2.24) is 34.8 Å². The summed E-state index contributed by atoms with van der Waals surface area (Å²) in [6, 6.07) is 9.03. The Bertz CT molecular complexity index is 1370. The fraction of sp³-hybridized carbons (Fsp3) is 0.143. The lowest BCUT2D eigenvalue weighted by Crippen LogP contribution is -2.29. The van der Waals surface area contributed by atoms with Crippen molar-refractivity contribution in [3.05, 3.63) is 83.6 Å². The third kappa shape index (κ3) is 4.46. The highest BCUT2D eigenvalue weighted by molar-refractivity contribution is 5.92. The van der Waals surface area contributed by atoms with Crippen LogP contribution in [0, 0.1) is 17.1 Å². The second-order valence-electron chi connectivity index (χ2n) is 7.04. The van der Waals surface area contributed by atoms with Crippen LogP contribution in [-0.2, 0) is 6.18 Å². The number of alkyl halides is 3. The van der Waals surface area contributed by atoms with E-state index in [9.17, 15) is 22.4 Å². The van der Waals surface area contributed by atoms with E-state index < -0.39 is 35.3 Å². The third-order valence-electron chi connectivity index (χ3n) is 4.71. The van der Waals surface area contributed by atoms with Gasteiger partial charge in [0.05, 0.1) is 17.3 Å². The molecule has 0 bridgehead atoms. The highest BCUT2D eigenvalue weighted by Crippen LogP contribution is 2.31. The molecular formula is C21H14F4N8O. The highest BCUT2D eigenvalue weighted by atomic mass is 19.4. The van der Waals surface area contributed by atoms with Gasteiger partial charge in [0.15, 0.2) is 17.3 Å². The van der Waals surface area contributed by atoms with Gasteiger partial charge in [-0.1, -0.05) is 0 Å². The fourth-order valence-electron chi connectivity index (χ4n) is 3.11. The highest BCUT2D eigenvalue weighted by Gasteiger charge is 2.37. The zero-order valence-electron chi connectivity index (χ0n) is 17.3. The molecule has 3 heterocycles. The monoisotopic (exact) mass is 470 g/mol. The van der Waals surface area contributed by atoms with E-state index in [-0.39, 0.29) is 11.5 Å². The average molecular weight is 470 g/mol. The summed E-state index contributed by atoms with van der Waals surface area (Å²) >= 11 is 0. The number of nitriles is 1. The number of amides is 1. The number of halogens is 4. The number of hydrogen-bond acceptors (Lipinski definition) is 6. The van der Waals surface area contributed by atoms with Crippen LogP contribution in [0.4, 0.5) is 17.6 Å². The van der Waals surface area contributed by atoms with Crippen LogP contribution in [0.15, 0.2) is 55.0 Å². The topological polar surface area (TPSA) is 114 Å². The molecule has 4 rings (SSSR count). The molecule has 172 valence electrons. The van der Waals surface area contributed by atoms with E-state index in [2.05, 4.69) is 25.5 Å². The lowest BCUT2D eigenvalue weighted by atomic mass is 10.2. The Morgan fingerprint density at radius 2 is 1.85 bits per heavy atom. The normalized spacial score (nSPS) is 12.2. The van der Waals surface area contributed by atoms with Gasteiger partial charge in [-0.3, -0.25) is 4.79 Å². The number of pyridine rings is 1. The first kappa shape index (κ1) is 22.6. The van der Waals surface area contributed by atoms with Gasteiger partial charge in [-0.2, -0.15) is 33.3 Å². The maximum Gasteiger partial charge on any atom is 0.433 e. The molecule has 3 aromatic heterocycles. The molecule has 9 nitrogen and oxygen atoms in total. The van der Waals surface area contributed by atoms with Crippen molar-refractivity contribution < 1.29 is 22.4 Å². The molecular weight excluding hydrogens is 456 g/mol. The maximum atomic E-state index is 13.6. The number of hydrogen-bond donors (Lipinski definition) is 1. The van der Waals surface area contributed by atoms with Crippen molar-refractivity contribution in [2.24, 2.45) is 0 Å². The summed E-state index contributed by atoms with van der Waals surface area (Å²) in [5, 5.41) is 19.3. The smallest absolute Gasteiger partial charge is 0.341 e. The molecule has 1 atom stereocenters. The number of aromatic nitrogens is 6. The Morgan fingerprint density at radius 3 is 2.47 bits per heavy atom. The van der Waals surface area contributed by atoms with E-state index >= 15 is 0 Å². The molecule has 4 aromatic rings. The van der Waals surface area contributed by atoms with Crippen molar-refractivity contribution >= 4 is 5.91 Å². The number of carbonyl (C=O) groups excluding carboxylic acids is 1. The van der Waals surface area contributed by atoms with Gasteiger partial charge in [-0.15, -0.1) is 0 Å². The Balaban J connectivity index is 1.61. The van der Waals surface area contributed by atoms with Gasteiger partial charge < -0.3 is 5.32 Å². The van der Waals surface area contributed by atoms with Gasteiger partial charge in [0.2, 0.25) is 0 Å². The van der Waals surface area contributed by atoms with E-state index in [4.69, 9.17) is 5.26 Å². The minimum atomic E-state index is -4.81. The lowest BCUT2D eigenvalue weighted by molar-refractivity contribution is -0.142. The summed E-state index contributed by atoms with van der Waals surface area (Å²) in [4.78, 5) is 20.9. The van der Waals surface area contributed by atoms with Crippen molar-refractivity contribution in [1.29, 1.82) is 5.26 Å². The van der Waals surface area contributed by atoms with Gasteiger partial charge >= 0.3 is 6.18 Å². The van der Waals surface area contributed by atoms with Crippen LogP contribution in [0.1, 0.15) is 40.5 Å². The van der Waals surface area contributed by atoms with Crippen LogP contribution < -0.4 is 5.32 Å². The molecule has 1 unspecified atom stereocenters. The minimum absolute atomic E-state index is 0.0625. The molecule has 0 aliphatic carbocycles. The first-order chi connectivity index (χ1) is 16.2. The molecule has 0 radical (unpaired) electrons. The quantitative estimate of drug-likeness (QED) is 0.448. The predicted molar refractivity (Wildman–Crippen MR) is 108 cm³/mol. The molecule has 0 spiro atoms. The van der Waals surface area contributed by atoms with Gasteiger partial charge in [0.25, 0.3) is 5.91 Å². The summed E-state index contributed by atoms with van der Waals surface area (Å²) in [7, 11) is 0. The maximum absolute atomic E-state index is 13.6. The number of carbonyl (C=O) groups is 1. The Hall–Kier alpha value is -4.60. The molecule has 0 aliphatic heterocycles. The van der Waals surface area contributed by atoms with Crippen molar-refractivity contribution in [2.45, 2.75) is 19.1 Å². The fourth-order valence-corrected chi connectivity index (χ4v) is 3.11. The molecule has 1 aromatic carbocycles. The molecule has 0 aliphatic rings. The van der Waals surface area contributed by atoms with Crippen LogP contribution in [0.2, 0.25) is 0 Å². The van der Waals surface area contributed by atoms with E-state index in [1.807, 2.05) is 6.07 Å². The molecule has 0 saturated carbocycles. The van der Waals surface area contributed by atoms with Crippen LogP contribution in [0.25, 0.3) is 11.5 Å². The number of nitrogens with zero attached hydrogens (tertiary/aromatic N) is 7. The molecule has 1 amide bonds. The largest absolute Gasteiger partial charge is 0.433 e. The molecule has 1 N–H and O–H groups in total. The van der Waals surface area contributed by atoms with Gasteiger partial charge in [-0.05, 0) is 43.3 Å². The van der Waals surface area contributed by atoms with E-state index in [1.165, 1.54) is 29.3 Å². The number of nitrogens with one attached hydrogen (secondary N) is 1. The number of rotatable bonds is 5. The minimum Gasteiger partial charge on any atom is -0.341 e. The predicted octanol–water partition coefficient (Wildman–Crippen LogP) is 3.37. The van der Waals surface area contributed by atoms with Crippen molar-refractivity contribution in [3.8, 4) is 17.6 Å². The number of benzene rings is 1. The summed E-state index contributed by atoms with van der Waals surface area (Å²) in [5.74, 6) is -0.939. The van der Waals surface area contributed by atoms with E-state index in [0.29, 0.717) is 22.1 Å². The Labute approximate surface area is 189 Å². The van der Waals surface area contributed by atoms with Crippen molar-refractivity contribution in [3.63, 3.8) is 0 Å². The second kappa shape index (κ2) is 8.74. The van der Waals surface area contributed by atoms with Gasteiger partial charge in [-0.25, -0.2) is 19.0 Å². The summed E-state index contributed by atoms with van der Waals surface area (Å²) in [6.07, 6.45) is -2.25. The van der Waals surface area contributed by atoms with Crippen LogP contribution in [0.3, 0.4) is 0 Å². The third-order valence-corrected chi connectivity index (χ3v) is 4.71. The SMILES string of the molecule is CC(NC(=O)c1cc(C(F)(F)F)n(-c2ccc(F)cc2)n1)c1ncnn1-c1ccc(C#N)cn1. The average Bonchev–Trinajstić information content (AvgIpc) is 3.47. The van der Waals surface area contributed by atoms with Gasteiger partial charge in [0, 0.05) is 12.3 Å². The van der Waals surface area contributed by atoms with Crippen molar-refractivity contribution in [2.75, 3.05) is 0 Å². The van der Waals surface area contributed by atoms with Crippen LogP contribution >= 0.6 is 0 Å². The van der Waals surface area contributed by atoms with Gasteiger partial charge in [0.1, 0.15) is 23.9 Å². The van der Waals surface area contributed by atoms with E-state index in [1.54, 1.807) is 6.92 Å². The van der Waals surface area contributed by atoms with Crippen LogP contribution in [-0.4, -0.2) is 35.4 Å². The Morgan fingerprint density at radius 1 is 1.12 bits per heavy atom. The van der Waals surface area contributed by atoms with Crippen LogP contribution in [0.5, 0.6) is 0 Å².